The van der Waals surface area contributed by atoms with Gasteiger partial charge in [-0.3, -0.25) is 10.1 Å². The van der Waals surface area contributed by atoms with Gasteiger partial charge in [0.05, 0.1) is 31.2 Å². The molecule has 0 aliphatic carbocycles. The van der Waals surface area contributed by atoms with Gasteiger partial charge >= 0.3 is 0 Å². The Hall–Kier alpha value is -3.62. The first-order chi connectivity index (χ1) is 13.6. The zero-order chi connectivity index (χ0) is 19.7. The lowest BCUT2D eigenvalue weighted by Crippen LogP contribution is -2.28. The van der Waals surface area contributed by atoms with Crippen LogP contribution in [-0.2, 0) is 0 Å². The molecule has 0 bridgehead atoms. The van der Waals surface area contributed by atoms with Crippen LogP contribution in [0.1, 0.15) is 29.6 Å². The number of methoxy groups -OCH3 is 2. The first-order valence-electron chi connectivity index (χ1n) is 8.73. The second-order valence-electron chi connectivity index (χ2n) is 6.41. The van der Waals surface area contributed by atoms with Crippen molar-refractivity contribution in [3.8, 4) is 11.5 Å². The molecule has 9 nitrogen and oxygen atoms in total. The first kappa shape index (κ1) is 17.8. The molecular weight excluding hydrogens is 362 g/mol. The molecule has 0 saturated heterocycles. The smallest absolute Gasteiger partial charge is 0.269 e. The molecule has 1 aromatic heterocycles. The van der Waals surface area contributed by atoms with Crippen LogP contribution in [0.2, 0.25) is 0 Å². The summed E-state index contributed by atoms with van der Waals surface area (Å²) in [4.78, 5) is 15.1. The van der Waals surface area contributed by atoms with E-state index < -0.39 is 4.92 Å². The molecule has 1 N–H and O–H groups in total. The molecular formula is C19H19N5O4. The maximum Gasteiger partial charge on any atom is 0.269 e. The van der Waals surface area contributed by atoms with E-state index in [-0.39, 0.29) is 17.8 Å². The third-order valence-electron chi connectivity index (χ3n) is 4.91. The monoisotopic (exact) mass is 381 g/mol. The van der Waals surface area contributed by atoms with Crippen molar-refractivity contribution in [3.63, 3.8) is 0 Å². The van der Waals surface area contributed by atoms with Crippen molar-refractivity contribution in [1.29, 1.82) is 0 Å². The third-order valence-corrected chi connectivity index (χ3v) is 4.91. The van der Waals surface area contributed by atoms with Gasteiger partial charge < -0.3 is 14.8 Å². The highest BCUT2D eigenvalue weighted by Crippen LogP contribution is 2.43. The second-order valence-corrected chi connectivity index (χ2v) is 6.41. The summed E-state index contributed by atoms with van der Waals surface area (Å²) in [7, 11) is 3.19. The molecule has 0 amide bonds. The van der Waals surface area contributed by atoms with Crippen LogP contribution in [0.25, 0.3) is 0 Å². The Bertz CT molecular complexity index is 1020. The summed E-state index contributed by atoms with van der Waals surface area (Å²) in [5.41, 5.74) is 1.78. The standard InChI is InChI=1S/C19H19N5O4/c1-27-17-8-4-7-14(18(17)28-2)16-10-15(22-19-20-11-21-23(16)19)12-5-3-6-13(9-12)24(25)26/h3-9,11,15-16H,10H2,1-2H3,(H,20,21,22). The average Bonchev–Trinajstić information content (AvgIpc) is 3.21. The number of anilines is 1. The van der Waals surface area contributed by atoms with Crippen molar-refractivity contribution >= 4 is 11.6 Å². The Morgan fingerprint density at radius 1 is 1.21 bits per heavy atom. The number of nitrogens with zero attached hydrogens (tertiary/aromatic N) is 4. The van der Waals surface area contributed by atoms with E-state index in [0.717, 1.165) is 11.1 Å². The van der Waals surface area contributed by atoms with Gasteiger partial charge in [-0.2, -0.15) is 10.1 Å². The van der Waals surface area contributed by atoms with E-state index >= 15 is 0 Å². The van der Waals surface area contributed by atoms with Crippen molar-refractivity contribution in [1.82, 2.24) is 14.8 Å². The molecule has 28 heavy (non-hydrogen) atoms. The predicted molar refractivity (Wildman–Crippen MR) is 102 cm³/mol. The summed E-state index contributed by atoms with van der Waals surface area (Å²) >= 11 is 0. The third kappa shape index (κ3) is 3.00. The molecule has 0 spiro atoms. The number of nitro groups is 1. The number of rotatable bonds is 5. The van der Waals surface area contributed by atoms with Crippen molar-refractivity contribution in [2.45, 2.75) is 18.5 Å². The van der Waals surface area contributed by atoms with E-state index in [1.807, 2.05) is 24.3 Å². The van der Waals surface area contributed by atoms with Crippen LogP contribution in [-0.4, -0.2) is 33.9 Å². The molecule has 2 heterocycles. The molecule has 0 radical (unpaired) electrons. The summed E-state index contributed by atoms with van der Waals surface area (Å²) in [6.07, 6.45) is 2.10. The molecule has 0 fully saturated rings. The number of non-ortho nitro benzene ring substituents is 1. The van der Waals surface area contributed by atoms with E-state index in [0.29, 0.717) is 23.9 Å². The van der Waals surface area contributed by atoms with E-state index in [1.54, 1.807) is 31.0 Å². The molecule has 2 atom stereocenters. The van der Waals surface area contributed by atoms with Gasteiger partial charge in [0.25, 0.3) is 5.69 Å². The summed E-state index contributed by atoms with van der Waals surface area (Å²) in [6.45, 7) is 0. The fourth-order valence-electron chi connectivity index (χ4n) is 3.63. The Morgan fingerprint density at radius 3 is 2.79 bits per heavy atom. The lowest BCUT2D eigenvalue weighted by molar-refractivity contribution is -0.384. The second kappa shape index (κ2) is 7.18. The van der Waals surface area contributed by atoms with Crippen LogP contribution in [0.4, 0.5) is 11.6 Å². The molecule has 144 valence electrons. The van der Waals surface area contributed by atoms with Crippen molar-refractivity contribution in [3.05, 3.63) is 70.0 Å². The van der Waals surface area contributed by atoms with E-state index in [4.69, 9.17) is 9.47 Å². The Balaban J connectivity index is 1.78. The topological polar surface area (TPSA) is 104 Å². The number of nitro benzene ring substituents is 1. The fourth-order valence-corrected chi connectivity index (χ4v) is 3.63. The summed E-state index contributed by atoms with van der Waals surface area (Å²) < 4.78 is 12.8. The van der Waals surface area contributed by atoms with Gasteiger partial charge in [0.15, 0.2) is 11.5 Å². The minimum Gasteiger partial charge on any atom is -0.493 e. The van der Waals surface area contributed by atoms with Gasteiger partial charge in [0.1, 0.15) is 6.33 Å². The minimum atomic E-state index is -0.391. The van der Waals surface area contributed by atoms with E-state index in [2.05, 4.69) is 15.4 Å². The SMILES string of the molecule is COc1cccc(C2CC(c3cccc([N+](=O)[O-])c3)Nc3ncnn32)c1OC. The molecule has 1 aliphatic heterocycles. The average molecular weight is 381 g/mol. The molecule has 9 heteroatoms. The molecule has 3 aromatic rings. The lowest BCUT2D eigenvalue weighted by atomic mass is 9.92. The Morgan fingerprint density at radius 2 is 2.04 bits per heavy atom. The van der Waals surface area contributed by atoms with Crippen LogP contribution in [0.3, 0.4) is 0 Å². The van der Waals surface area contributed by atoms with Crippen LogP contribution in [0, 0.1) is 10.1 Å². The Kier molecular flexibility index (Phi) is 4.56. The zero-order valence-corrected chi connectivity index (χ0v) is 15.4. The molecule has 0 saturated carbocycles. The van der Waals surface area contributed by atoms with Crippen molar-refractivity contribution < 1.29 is 14.4 Å². The number of benzene rings is 2. The number of ether oxygens (including phenoxy) is 2. The minimum absolute atomic E-state index is 0.0573. The van der Waals surface area contributed by atoms with Crippen LogP contribution in [0.5, 0.6) is 11.5 Å². The molecule has 2 unspecified atom stereocenters. The van der Waals surface area contributed by atoms with Crippen molar-refractivity contribution in [2.75, 3.05) is 19.5 Å². The lowest BCUT2D eigenvalue weighted by Gasteiger charge is -2.32. The van der Waals surface area contributed by atoms with Crippen LogP contribution >= 0.6 is 0 Å². The zero-order valence-electron chi connectivity index (χ0n) is 15.4. The van der Waals surface area contributed by atoms with E-state index in [1.165, 1.54) is 12.4 Å². The highest BCUT2D eigenvalue weighted by atomic mass is 16.6. The molecule has 1 aliphatic rings. The number of aromatic nitrogens is 3. The van der Waals surface area contributed by atoms with Crippen molar-refractivity contribution in [2.24, 2.45) is 0 Å². The number of para-hydroxylation sites is 1. The maximum absolute atomic E-state index is 11.2. The number of hydrogen-bond acceptors (Lipinski definition) is 7. The molecule has 4 rings (SSSR count). The largest absolute Gasteiger partial charge is 0.493 e. The summed E-state index contributed by atoms with van der Waals surface area (Å²) in [5, 5.41) is 18.8. The number of nitrogens with one attached hydrogen (secondary N) is 1. The normalized spacial score (nSPS) is 18.1. The summed E-state index contributed by atoms with van der Waals surface area (Å²) in [5.74, 6) is 1.86. The predicted octanol–water partition coefficient (Wildman–Crippen LogP) is 3.35. The van der Waals surface area contributed by atoms with Gasteiger partial charge in [-0.1, -0.05) is 24.3 Å². The fraction of sp³-hybridized carbons (Fsp3) is 0.263. The molecule has 2 aromatic carbocycles. The van der Waals surface area contributed by atoms with Crippen LogP contribution < -0.4 is 14.8 Å². The highest BCUT2D eigenvalue weighted by Gasteiger charge is 2.32. The van der Waals surface area contributed by atoms with Gasteiger partial charge in [0.2, 0.25) is 5.95 Å². The van der Waals surface area contributed by atoms with Gasteiger partial charge in [-0.25, -0.2) is 4.68 Å². The maximum atomic E-state index is 11.2. The van der Waals surface area contributed by atoms with Gasteiger partial charge in [-0.05, 0) is 18.1 Å². The Labute approximate surface area is 161 Å². The number of fused-ring (bicyclic) bond motifs is 1. The quantitative estimate of drug-likeness (QED) is 0.534. The first-order valence-corrected chi connectivity index (χ1v) is 8.73. The van der Waals surface area contributed by atoms with E-state index in [9.17, 15) is 10.1 Å². The highest BCUT2D eigenvalue weighted by molar-refractivity contribution is 5.50. The number of hydrogen-bond donors (Lipinski definition) is 1. The van der Waals surface area contributed by atoms with Gasteiger partial charge in [-0.15, -0.1) is 0 Å². The van der Waals surface area contributed by atoms with Gasteiger partial charge in [0, 0.05) is 17.7 Å². The summed E-state index contributed by atoms with van der Waals surface area (Å²) in [6, 6.07) is 12.0. The van der Waals surface area contributed by atoms with Crippen LogP contribution in [0.15, 0.2) is 48.8 Å².